The van der Waals surface area contributed by atoms with Crippen molar-refractivity contribution in [2.24, 2.45) is 5.73 Å². The Hall–Kier alpha value is -3.26. The van der Waals surface area contributed by atoms with Crippen LogP contribution in [0.2, 0.25) is 0 Å². The third-order valence-corrected chi connectivity index (χ3v) is 4.78. The summed E-state index contributed by atoms with van der Waals surface area (Å²) in [5.74, 6) is -1.43. The molecule has 8 heteroatoms. The standard InChI is InChI=1S/C19H18N4O3S/c20-16(24)10-21-18(26)11-22-17(25)9-19-23-14-7-6-13(8-15(14)27-19)12-4-2-1-3-5-12/h1-8H,9-11H2,(H2,20,24)(H,21,26)(H,22,25). The Labute approximate surface area is 159 Å². The maximum atomic E-state index is 12.0. The summed E-state index contributed by atoms with van der Waals surface area (Å²) in [6.07, 6.45) is 0.0864. The van der Waals surface area contributed by atoms with Gasteiger partial charge in [0.25, 0.3) is 0 Å². The second kappa shape index (κ2) is 8.41. The molecule has 0 bridgehead atoms. The van der Waals surface area contributed by atoms with Crippen LogP contribution in [0.4, 0.5) is 0 Å². The Bertz CT molecular complexity index is 985. The lowest BCUT2D eigenvalue weighted by Crippen LogP contribution is -2.40. The minimum Gasteiger partial charge on any atom is -0.368 e. The molecule has 1 aromatic heterocycles. The van der Waals surface area contributed by atoms with Crippen LogP contribution in [0.25, 0.3) is 21.3 Å². The fourth-order valence-corrected chi connectivity index (χ4v) is 3.49. The first-order chi connectivity index (χ1) is 13.0. The summed E-state index contributed by atoms with van der Waals surface area (Å²) in [6, 6.07) is 16.0. The summed E-state index contributed by atoms with van der Waals surface area (Å²) in [4.78, 5) is 38.5. The van der Waals surface area contributed by atoms with E-state index in [1.54, 1.807) is 0 Å². The number of fused-ring (bicyclic) bond motifs is 1. The Morgan fingerprint density at radius 1 is 0.926 bits per heavy atom. The van der Waals surface area contributed by atoms with Crippen molar-refractivity contribution in [3.63, 3.8) is 0 Å². The topological polar surface area (TPSA) is 114 Å². The fraction of sp³-hybridized carbons (Fsp3) is 0.158. The molecular weight excluding hydrogens is 364 g/mol. The van der Waals surface area contributed by atoms with Crippen LogP contribution in [0.15, 0.2) is 48.5 Å². The fourth-order valence-electron chi connectivity index (χ4n) is 2.49. The quantitative estimate of drug-likeness (QED) is 0.570. The molecule has 7 nitrogen and oxygen atoms in total. The molecule has 3 aromatic rings. The van der Waals surface area contributed by atoms with Gasteiger partial charge in [0.2, 0.25) is 17.7 Å². The molecule has 3 rings (SSSR count). The lowest BCUT2D eigenvalue weighted by molar-refractivity contribution is -0.126. The van der Waals surface area contributed by atoms with Crippen molar-refractivity contribution >= 4 is 39.3 Å². The van der Waals surface area contributed by atoms with Gasteiger partial charge in [0, 0.05) is 0 Å². The van der Waals surface area contributed by atoms with E-state index in [9.17, 15) is 14.4 Å². The van der Waals surface area contributed by atoms with Gasteiger partial charge < -0.3 is 16.4 Å². The first-order valence-corrected chi connectivity index (χ1v) is 9.09. The number of benzene rings is 2. The molecule has 0 saturated heterocycles. The van der Waals surface area contributed by atoms with E-state index in [1.807, 2.05) is 42.5 Å². The van der Waals surface area contributed by atoms with E-state index in [2.05, 4.69) is 21.7 Å². The molecule has 27 heavy (non-hydrogen) atoms. The molecule has 0 aliphatic carbocycles. The summed E-state index contributed by atoms with van der Waals surface area (Å²) >= 11 is 1.45. The zero-order chi connectivity index (χ0) is 19.2. The molecule has 0 fully saturated rings. The lowest BCUT2D eigenvalue weighted by Gasteiger charge is -2.04. The second-order valence-corrected chi connectivity index (χ2v) is 6.97. The van der Waals surface area contributed by atoms with E-state index < -0.39 is 11.8 Å². The number of carbonyl (C=O) groups is 3. The smallest absolute Gasteiger partial charge is 0.239 e. The number of primary amides is 1. The highest BCUT2D eigenvalue weighted by Crippen LogP contribution is 2.28. The summed E-state index contributed by atoms with van der Waals surface area (Å²) < 4.78 is 0.998. The molecule has 4 N–H and O–H groups in total. The van der Waals surface area contributed by atoms with E-state index in [-0.39, 0.29) is 25.4 Å². The molecule has 1 heterocycles. The van der Waals surface area contributed by atoms with E-state index in [0.717, 1.165) is 21.3 Å². The minimum absolute atomic E-state index is 0.0864. The Balaban J connectivity index is 1.61. The van der Waals surface area contributed by atoms with Gasteiger partial charge in [-0.15, -0.1) is 11.3 Å². The highest BCUT2D eigenvalue weighted by atomic mass is 32.1. The molecule has 3 amide bonds. The number of thiazole rings is 1. The van der Waals surface area contributed by atoms with Gasteiger partial charge in [0.05, 0.1) is 29.7 Å². The lowest BCUT2D eigenvalue weighted by atomic mass is 10.1. The molecule has 0 spiro atoms. The summed E-state index contributed by atoms with van der Waals surface area (Å²) in [6.45, 7) is -0.467. The maximum absolute atomic E-state index is 12.0. The molecule has 0 saturated carbocycles. The predicted molar refractivity (Wildman–Crippen MR) is 104 cm³/mol. The van der Waals surface area contributed by atoms with Gasteiger partial charge in [0.1, 0.15) is 5.01 Å². The van der Waals surface area contributed by atoms with E-state index >= 15 is 0 Å². The van der Waals surface area contributed by atoms with E-state index in [1.165, 1.54) is 11.3 Å². The molecular formula is C19H18N4O3S. The molecule has 0 atom stereocenters. The number of amides is 3. The van der Waals surface area contributed by atoms with Crippen LogP contribution in [0.3, 0.4) is 0 Å². The normalized spacial score (nSPS) is 10.5. The number of carbonyl (C=O) groups excluding carboxylic acids is 3. The average Bonchev–Trinajstić information content (AvgIpc) is 3.06. The van der Waals surface area contributed by atoms with Crippen molar-refractivity contribution in [3.8, 4) is 11.1 Å². The van der Waals surface area contributed by atoms with E-state index in [0.29, 0.717) is 5.01 Å². The van der Waals surface area contributed by atoms with Crippen molar-refractivity contribution < 1.29 is 14.4 Å². The zero-order valence-corrected chi connectivity index (χ0v) is 15.2. The second-order valence-electron chi connectivity index (χ2n) is 5.85. The minimum atomic E-state index is -0.640. The number of aromatic nitrogens is 1. The third kappa shape index (κ3) is 5.11. The van der Waals surface area contributed by atoms with Gasteiger partial charge in [-0.25, -0.2) is 4.98 Å². The average molecular weight is 382 g/mol. The monoisotopic (exact) mass is 382 g/mol. The van der Waals surface area contributed by atoms with Crippen molar-refractivity contribution in [2.45, 2.75) is 6.42 Å². The SMILES string of the molecule is NC(=O)CNC(=O)CNC(=O)Cc1nc2ccc(-c3ccccc3)cc2s1. The van der Waals surface area contributed by atoms with Crippen molar-refractivity contribution in [1.29, 1.82) is 0 Å². The molecule has 0 aliphatic rings. The number of hydrogen-bond acceptors (Lipinski definition) is 5. The van der Waals surface area contributed by atoms with Gasteiger partial charge in [0.15, 0.2) is 0 Å². The zero-order valence-electron chi connectivity index (χ0n) is 14.4. The Morgan fingerprint density at radius 3 is 2.41 bits per heavy atom. The molecule has 0 aliphatic heterocycles. The number of nitrogens with zero attached hydrogens (tertiary/aromatic N) is 1. The van der Waals surface area contributed by atoms with Crippen LogP contribution < -0.4 is 16.4 Å². The summed E-state index contributed by atoms with van der Waals surface area (Å²) in [5, 5.41) is 5.47. The van der Waals surface area contributed by atoms with E-state index in [4.69, 9.17) is 5.73 Å². The van der Waals surface area contributed by atoms with Crippen LogP contribution >= 0.6 is 11.3 Å². The number of rotatable bonds is 7. The molecule has 0 unspecified atom stereocenters. The summed E-state index contributed by atoms with van der Waals surface area (Å²) in [5.41, 5.74) is 7.98. The predicted octanol–water partition coefficient (Wildman–Crippen LogP) is 1.22. The largest absolute Gasteiger partial charge is 0.368 e. The molecule has 138 valence electrons. The summed E-state index contributed by atoms with van der Waals surface area (Å²) in [7, 11) is 0. The van der Waals surface area contributed by atoms with Crippen LogP contribution in [-0.4, -0.2) is 35.8 Å². The first-order valence-electron chi connectivity index (χ1n) is 8.28. The van der Waals surface area contributed by atoms with Gasteiger partial charge in [-0.05, 0) is 23.3 Å². The third-order valence-electron chi connectivity index (χ3n) is 3.76. The van der Waals surface area contributed by atoms with Crippen LogP contribution in [0, 0.1) is 0 Å². The maximum Gasteiger partial charge on any atom is 0.239 e. The van der Waals surface area contributed by atoms with Gasteiger partial charge >= 0.3 is 0 Å². The number of nitrogens with one attached hydrogen (secondary N) is 2. The van der Waals surface area contributed by atoms with Crippen LogP contribution in [0.1, 0.15) is 5.01 Å². The Morgan fingerprint density at radius 2 is 1.67 bits per heavy atom. The van der Waals surface area contributed by atoms with Crippen molar-refractivity contribution in [3.05, 3.63) is 53.5 Å². The highest BCUT2D eigenvalue weighted by Gasteiger charge is 2.11. The first kappa shape index (κ1) is 18.5. The number of nitrogens with two attached hydrogens (primary N) is 1. The van der Waals surface area contributed by atoms with Crippen molar-refractivity contribution in [1.82, 2.24) is 15.6 Å². The number of hydrogen-bond donors (Lipinski definition) is 3. The van der Waals surface area contributed by atoms with Gasteiger partial charge in [-0.2, -0.15) is 0 Å². The van der Waals surface area contributed by atoms with Gasteiger partial charge in [-0.1, -0.05) is 36.4 Å². The molecule has 0 radical (unpaired) electrons. The Kier molecular flexibility index (Phi) is 5.77. The van der Waals surface area contributed by atoms with Crippen LogP contribution in [0.5, 0.6) is 0 Å². The molecule has 2 aromatic carbocycles. The highest BCUT2D eigenvalue weighted by molar-refractivity contribution is 7.18. The van der Waals surface area contributed by atoms with Gasteiger partial charge in [-0.3, -0.25) is 14.4 Å². The van der Waals surface area contributed by atoms with Crippen LogP contribution in [-0.2, 0) is 20.8 Å². The van der Waals surface area contributed by atoms with Crippen molar-refractivity contribution in [2.75, 3.05) is 13.1 Å².